The smallest absolute Gasteiger partial charge is 0.0726 e. The summed E-state index contributed by atoms with van der Waals surface area (Å²) in [5.41, 5.74) is 21.2. The van der Waals surface area contributed by atoms with Crippen molar-refractivity contribution in [2.45, 2.75) is 57.8 Å². The van der Waals surface area contributed by atoms with E-state index in [2.05, 4.69) is 271 Å². The molecule has 1 nitrogen and oxygen atoms in total. The second kappa shape index (κ2) is 16.0. The summed E-state index contributed by atoms with van der Waals surface area (Å²) in [7, 11) is 0. The third-order valence-electron chi connectivity index (χ3n) is 16.2. The summed E-state index contributed by atoms with van der Waals surface area (Å²) in [6.07, 6.45) is 0. The van der Waals surface area contributed by atoms with Crippen LogP contribution in [0, 0.1) is 0 Å². The highest BCUT2D eigenvalue weighted by Gasteiger charge is 2.52. The van der Waals surface area contributed by atoms with Crippen LogP contribution in [0.5, 0.6) is 0 Å². The second-order valence-electron chi connectivity index (χ2n) is 22.5. The first-order valence-electron chi connectivity index (χ1n) is 25.8. The van der Waals surface area contributed by atoms with Crippen molar-refractivity contribution in [1.82, 2.24) is 0 Å². The molecule has 73 heavy (non-hydrogen) atoms. The minimum atomic E-state index is -0.516. The Hall–Kier alpha value is -8.04. The first-order chi connectivity index (χ1) is 35.4. The summed E-state index contributed by atoms with van der Waals surface area (Å²) < 4.78 is 2.58. The predicted molar refractivity (Wildman–Crippen MR) is 314 cm³/mol. The molecule has 0 aliphatic heterocycles. The highest BCUT2D eigenvalue weighted by Crippen LogP contribution is 2.64. The quantitative estimate of drug-likeness (QED) is 0.166. The largest absolute Gasteiger partial charge is 0.310 e. The Bertz CT molecular complexity index is 4170. The van der Waals surface area contributed by atoms with E-state index in [1.54, 1.807) is 0 Å². The first kappa shape index (κ1) is 43.7. The van der Waals surface area contributed by atoms with Crippen molar-refractivity contribution in [2.75, 3.05) is 4.90 Å². The number of hydrogen-bond donors (Lipinski definition) is 0. The molecule has 2 aliphatic carbocycles. The molecule has 0 saturated heterocycles. The summed E-state index contributed by atoms with van der Waals surface area (Å²) in [5, 5.41) is 7.56. The number of hydrogen-bond acceptors (Lipinski definition) is 2. The van der Waals surface area contributed by atoms with Crippen LogP contribution in [0.3, 0.4) is 0 Å². The fourth-order valence-electron chi connectivity index (χ4n) is 12.4. The van der Waals surface area contributed by atoms with Crippen molar-refractivity contribution in [2.24, 2.45) is 0 Å². The third kappa shape index (κ3) is 6.73. The van der Waals surface area contributed by atoms with Gasteiger partial charge < -0.3 is 4.90 Å². The standard InChI is InChI=1S/C71H55NS/c1-69(2,3)52-30-35-57-58-36-31-53(70(4,5)6)42-63(58)71(62(57)41-52)61-18-11-9-16-56(61)59-37-34-55(43-64(59)71)72(65-19-13-21-67-68(65)60-17-10-12-20-66(60)73-67)54-32-28-45(29-33-54)47-24-25-50-40-51(27-26-49(50)39-47)48-23-22-44-14-7-8-15-46(44)38-48/h7-43H,1-6H3. The Morgan fingerprint density at radius 2 is 0.822 bits per heavy atom. The minimum Gasteiger partial charge on any atom is -0.310 e. The first-order valence-corrected chi connectivity index (χ1v) is 26.6. The summed E-state index contributed by atoms with van der Waals surface area (Å²) in [5.74, 6) is 0. The number of nitrogens with zero attached hydrogens (tertiary/aromatic N) is 1. The van der Waals surface area contributed by atoms with E-state index in [-0.39, 0.29) is 10.8 Å². The van der Waals surface area contributed by atoms with Gasteiger partial charge in [-0.1, -0.05) is 205 Å². The zero-order valence-electron chi connectivity index (χ0n) is 42.2. The van der Waals surface area contributed by atoms with E-state index in [0.29, 0.717) is 0 Å². The molecule has 0 unspecified atom stereocenters. The number of rotatable bonds is 5. The van der Waals surface area contributed by atoms with Crippen LogP contribution in [-0.2, 0) is 16.2 Å². The van der Waals surface area contributed by atoms with Crippen LogP contribution in [0.1, 0.15) is 74.9 Å². The lowest BCUT2D eigenvalue weighted by Crippen LogP contribution is -2.27. The molecule has 2 aliphatic rings. The summed E-state index contributed by atoms with van der Waals surface area (Å²) in [4.78, 5) is 2.53. The van der Waals surface area contributed by atoms with E-state index in [4.69, 9.17) is 0 Å². The van der Waals surface area contributed by atoms with Gasteiger partial charge in [0.1, 0.15) is 0 Å². The van der Waals surface area contributed by atoms with Crippen molar-refractivity contribution in [3.8, 4) is 44.5 Å². The molecular formula is C71H55NS. The maximum atomic E-state index is 2.55. The molecule has 350 valence electrons. The van der Waals surface area contributed by atoms with Crippen molar-refractivity contribution >= 4 is 70.1 Å². The lowest BCUT2D eigenvalue weighted by molar-refractivity contribution is 0.586. The fraction of sp³-hybridized carbons (Fsp3) is 0.127. The van der Waals surface area contributed by atoms with Crippen molar-refractivity contribution in [1.29, 1.82) is 0 Å². The molecule has 0 radical (unpaired) electrons. The van der Waals surface area contributed by atoms with Crippen LogP contribution in [0.15, 0.2) is 224 Å². The Morgan fingerprint density at radius 1 is 0.342 bits per heavy atom. The molecule has 0 atom stereocenters. The van der Waals surface area contributed by atoms with Gasteiger partial charge in [-0.15, -0.1) is 11.3 Å². The zero-order valence-corrected chi connectivity index (χ0v) is 43.0. The fourth-order valence-corrected chi connectivity index (χ4v) is 13.5. The van der Waals surface area contributed by atoms with E-state index in [0.717, 1.165) is 11.4 Å². The Labute approximate surface area is 432 Å². The van der Waals surface area contributed by atoms with Gasteiger partial charge in [0, 0.05) is 31.5 Å². The van der Waals surface area contributed by atoms with Gasteiger partial charge in [-0.3, -0.25) is 0 Å². The Kier molecular flexibility index (Phi) is 9.57. The molecular weight excluding hydrogens is 899 g/mol. The topological polar surface area (TPSA) is 3.24 Å². The molecule has 0 saturated carbocycles. The number of thiophene rings is 1. The van der Waals surface area contributed by atoms with Crippen molar-refractivity contribution in [3.63, 3.8) is 0 Å². The normalized spacial score (nSPS) is 13.5. The van der Waals surface area contributed by atoms with Crippen molar-refractivity contribution in [3.05, 3.63) is 258 Å². The summed E-state index contributed by atoms with van der Waals surface area (Å²) in [6.45, 7) is 14.1. The van der Waals surface area contributed by atoms with E-state index >= 15 is 0 Å². The molecule has 11 aromatic carbocycles. The zero-order chi connectivity index (χ0) is 49.4. The molecule has 0 bridgehead atoms. The highest BCUT2D eigenvalue weighted by molar-refractivity contribution is 7.26. The summed E-state index contributed by atoms with van der Waals surface area (Å²) >= 11 is 1.88. The molecule has 0 N–H and O–H groups in total. The summed E-state index contributed by atoms with van der Waals surface area (Å²) in [6, 6.07) is 85.4. The van der Waals surface area contributed by atoms with E-state index in [9.17, 15) is 0 Å². The lowest BCUT2D eigenvalue weighted by Gasteiger charge is -2.34. The molecule has 2 heteroatoms. The molecule has 0 fully saturated rings. The molecule has 1 aromatic heterocycles. The number of fused-ring (bicyclic) bond motifs is 15. The van der Waals surface area contributed by atoms with Gasteiger partial charge in [0.2, 0.25) is 0 Å². The number of benzene rings is 11. The average Bonchev–Trinajstić information content (AvgIpc) is 4.06. The van der Waals surface area contributed by atoms with Crippen LogP contribution < -0.4 is 4.90 Å². The SMILES string of the molecule is CC(C)(C)c1ccc2c(c1)C1(c3ccccc3-c3ccc(N(c4ccc(-c5ccc6cc(-c7ccc8ccccc8c7)ccc6c5)cc4)c4cccc5sc6ccccc6c45)cc31)c1cc(C(C)(C)C)ccc1-2. The Morgan fingerprint density at radius 3 is 1.48 bits per heavy atom. The monoisotopic (exact) mass is 953 g/mol. The van der Waals surface area contributed by atoms with Gasteiger partial charge in [0.15, 0.2) is 0 Å². The molecule has 0 amide bonds. The number of anilines is 3. The van der Waals surface area contributed by atoms with Gasteiger partial charge >= 0.3 is 0 Å². The van der Waals surface area contributed by atoms with E-state index in [1.807, 2.05) is 11.3 Å². The van der Waals surface area contributed by atoms with Gasteiger partial charge in [-0.2, -0.15) is 0 Å². The van der Waals surface area contributed by atoms with Crippen molar-refractivity contribution < 1.29 is 0 Å². The molecule has 1 spiro atoms. The Balaban J connectivity index is 0.947. The van der Waals surface area contributed by atoms with E-state index < -0.39 is 5.41 Å². The molecule has 12 aromatic rings. The van der Waals surface area contributed by atoms with Crippen LogP contribution in [0.4, 0.5) is 17.1 Å². The van der Waals surface area contributed by atoms with Gasteiger partial charge in [0.05, 0.1) is 11.1 Å². The predicted octanol–water partition coefficient (Wildman–Crippen LogP) is 20.1. The average molecular weight is 954 g/mol. The van der Waals surface area contributed by atoms with Crippen LogP contribution in [-0.4, -0.2) is 0 Å². The molecule has 14 rings (SSSR count). The molecule has 1 heterocycles. The maximum absolute atomic E-state index is 2.55. The van der Waals surface area contributed by atoms with Gasteiger partial charge in [0.25, 0.3) is 0 Å². The maximum Gasteiger partial charge on any atom is 0.0726 e. The second-order valence-corrected chi connectivity index (χ2v) is 23.6. The van der Waals surface area contributed by atoms with Crippen LogP contribution in [0.25, 0.3) is 86.2 Å². The van der Waals surface area contributed by atoms with Crippen LogP contribution >= 0.6 is 11.3 Å². The lowest BCUT2D eigenvalue weighted by atomic mass is 9.68. The van der Waals surface area contributed by atoms with Gasteiger partial charge in [-0.05, 0) is 171 Å². The minimum absolute atomic E-state index is 0.0237. The third-order valence-corrected chi connectivity index (χ3v) is 17.3. The van der Waals surface area contributed by atoms with Gasteiger partial charge in [-0.25, -0.2) is 0 Å². The highest BCUT2D eigenvalue weighted by atomic mass is 32.1. The van der Waals surface area contributed by atoms with E-state index in [1.165, 1.54) is 125 Å². The van der Waals surface area contributed by atoms with Crippen LogP contribution in [0.2, 0.25) is 0 Å².